The maximum Gasteiger partial charge on any atom is 0.350 e. The Bertz CT molecular complexity index is 328. The Labute approximate surface area is 99.5 Å². The molecular formula is C9H15ClN2O2S. The molecule has 86 valence electrons. The number of aryl methyl sites for hydroxylation is 1. The quantitative estimate of drug-likeness (QED) is 0.835. The van der Waals surface area contributed by atoms with E-state index >= 15 is 0 Å². The first-order valence-corrected chi connectivity index (χ1v) is 5.39. The van der Waals surface area contributed by atoms with Crippen molar-refractivity contribution < 1.29 is 9.53 Å². The van der Waals surface area contributed by atoms with Crippen LogP contribution in [-0.4, -0.2) is 24.1 Å². The van der Waals surface area contributed by atoms with E-state index in [1.807, 2.05) is 13.8 Å². The highest BCUT2D eigenvalue weighted by Gasteiger charge is 2.15. The van der Waals surface area contributed by atoms with E-state index in [1.165, 1.54) is 11.3 Å². The van der Waals surface area contributed by atoms with E-state index in [2.05, 4.69) is 10.3 Å². The van der Waals surface area contributed by atoms with Crippen LogP contribution in [0.2, 0.25) is 0 Å². The Kier molecular flexibility index (Phi) is 6.27. The van der Waals surface area contributed by atoms with E-state index in [0.717, 1.165) is 17.4 Å². The largest absolute Gasteiger partial charge is 0.462 e. The second kappa shape index (κ2) is 6.63. The van der Waals surface area contributed by atoms with Crippen molar-refractivity contribution in [2.75, 3.05) is 18.5 Å². The normalized spacial score (nSPS) is 9.27. The molecule has 0 aliphatic carbocycles. The smallest absolute Gasteiger partial charge is 0.350 e. The summed E-state index contributed by atoms with van der Waals surface area (Å²) in [7, 11) is 0. The maximum atomic E-state index is 11.4. The molecule has 0 bridgehead atoms. The fourth-order valence-corrected chi connectivity index (χ4v) is 1.94. The van der Waals surface area contributed by atoms with Gasteiger partial charge in [0.25, 0.3) is 0 Å². The third kappa shape index (κ3) is 3.68. The molecule has 0 fully saturated rings. The average molecular weight is 251 g/mol. The molecule has 15 heavy (non-hydrogen) atoms. The molecule has 0 atom stereocenters. The lowest BCUT2D eigenvalue weighted by Crippen LogP contribution is -2.03. The number of hydrogen-bond donors (Lipinski definition) is 1. The van der Waals surface area contributed by atoms with Crippen LogP contribution in [0.25, 0.3) is 0 Å². The fourth-order valence-electron chi connectivity index (χ4n) is 1.01. The lowest BCUT2D eigenvalue weighted by Gasteiger charge is -1.97. The molecule has 1 heterocycles. The molecule has 0 spiro atoms. The molecule has 4 nitrogen and oxygen atoms in total. The van der Waals surface area contributed by atoms with E-state index in [9.17, 15) is 4.79 Å². The molecule has 0 saturated carbocycles. The molecule has 0 radical (unpaired) electrons. The van der Waals surface area contributed by atoms with Gasteiger partial charge in [-0.25, -0.2) is 9.78 Å². The first-order valence-electron chi connectivity index (χ1n) is 4.57. The van der Waals surface area contributed by atoms with Crippen molar-refractivity contribution in [3.05, 3.63) is 10.6 Å². The van der Waals surface area contributed by atoms with Crippen LogP contribution in [0.15, 0.2) is 0 Å². The molecule has 1 aromatic heterocycles. The van der Waals surface area contributed by atoms with Gasteiger partial charge in [-0.1, -0.05) is 11.3 Å². The number of thiazole rings is 1. The number of rotatable bonds is 4. The highest BCUT2D eigenvalue weighted by Crippen LogP contribution is 2.22. The molecule has 0 aromatic carbocycles. The van der Waals surface area contributed by atoms with Gasteiger partial charge in [0.2, 0.25) is 0 Å². The number of nitrogens with zero attached hydrogens (tertiary/aromatic N) is 1. The number of carbonyl (C=O) groups excluding carboxylic acids is 1. The monoisotopic (exact) mass is 250 g/mol. The van der Waals surface area contributed by atoms with Crippen molar-refractivity contribution in [2.24, 2.45) is 0 Å². The lowest BCUT2D eigenvalue weighted by atomic mass is 10.4. The third-order valence-electron chi connectivity index (χ3n) is 1.59. The lowest BCUT2D eigenvalue weighted by molar-refractivity contribution is 0.0531. The van der Waals surface area contributed by atoms with Crippen molar-refractivity contribution >= 4 is 34.8 Å². The summed E-state index contributed by atoms with van der Waals surface area (Å²) in [5.74, 6) is -0.286. The summed E-state index contributed by atoms with van der Waals surface area (Å²) in [5.41, 5.74) is 0.726. The topological polar surface area (TPSA) is 51.2 Å². The number of nitrogens with one attached hydrogen (secondary N) is 1. The molecule has 0 aliphatic heterocycles. The highest BCUT2D eigenvalue weighted by molar-refractivity contribution is 7.17. The number of halogens is 1. The van der Waals surface area contributed by atoms with E-state index in [0.29, 0.717) is 11.5 Å². The Morgan fingerprint density at radius 1 is 1.53 bits per heavy atom. The van der Waals surface area contributed by atoms with E-state index in [4.69, 9.17) is 4.74 Å². The first-order chi connectivity index (χ1) is 6.69. The second-order valence-electron chi connectivity index (χ2n) is 2.68. The van der Waals surface area contributed by atoms with Gasteiger partial charge in [-0.15, -0.1) is 12.4 Å². The number of carbonyl (C=O) groups is 1. The van der Waals surface area contributed by atoms with Gasteiger partial charge < -0.3 is 10.1 Å². The summed E-state index contributed by atoms with van der Waals surface area (Å²) in [6.45, 7) is 6.78. The van der Waals surface area contributed by atoms with Gasteiger partial charge in [-0.3, -0.25) is 0 Å². The molecule has 0 unspecified atom stereocenters. The van der Waals surface area contributed by atoms with Crippen molar-refractivity contribution in [1.82, 2.24) is 4.98 Å². The summed E-state index contributed by atoms with van der Waals surface area (Å²) in [5, 5.41) is 3.84. The number of anilines is 1. The van der Waals surface area contributed by atoms with Gasteiger partial charge in [0.1, 0.15) is 4.88 Å². The van der Waals surface area contributed by atoms with Crippen molar-refractivity contribution in [1.29, 1.82) is 0 Å². The van der Waals surface area contributed by atoms with E-state index in [-0.39, 0.29) is 18.4 Å². The van der Waals surface area contributed by atoms with Gasteiger partial charge >= 0.3 is 5.97 Å². The van der Waals surface area contributed by atoms with E-state index < -0.39 is 0 Å². The minimum absolute atomic E-state index is 0. The average Bonchev–Trinajstić information content (AvgIpc) is 2.48. The number of aromatic nitrogens is 1. The Morgan fingerprint density at radius 3 is 2.73 bits per heavy atom. The van der Waals surface area contributed by atoms with Crippen LogP contribution in [-0.2, 0) is 4.74 Å². The Morgan fingerprint density at radius 2 is 2.20 bits per heavy atom. The van der Waals surface area contributed by atoms with Gasteiger partial charge in [0, 0.05) is 6.54 Å². The van der Waals surface area contributed by atoms with Gasteiger partial charge in [0.05, 0.1) is 12.3 Å². The first kappa shape index (κ1) is 14.2. The van der Waals surface area contributed by atoms with Gasteiger partial charge in [-0.2, -0.15) is 0 Å². The molecule has 1 N–H and O–H groups in total. The van der Waals surface area contributed by atoms with Crippen molar-refractivity contribution in [3.63, 3.8) is 0 Å². The molecule has 0 amide bonds. The van der Waals surface area contributed by atoms with Crippen LogP contribution in [0.3, 0.4) is 0 Å². The standard InChI is InChI=1S/C9H14N2O2S.ClH/c1-4-10-9-11-6(3)7(14-9)8(12)13-5-2;/h4-5H2,1-3H3,(H,10,11);1H. The van der Waals surface area contributed by atoms with Crippen LogP contribution in [0, 0.1) is 6.92 Å². The van der Waals surface area contributed by atoms with Crippen LogP contribution in [0.4, 0.5) is 5.13 Å². The number of hydrogen-bond acceptors (Lipinski definition) is 5. The molecule has 1 rings (SSSR count). The molecule has 0 saturated heterocycles. The zero-order chi connectivity index (χ0) is 10.6. The maximum absolute atomic E-state index is 11.4. The molecule has 1 aromatic rings. The van der Waals surface area contributed by atoms with Crippen molar-refractivity contribution in [3.8, 4) is 0 Å². The van der Waals surface area contributed by atoms with Crippen LogP contribution in [0.5, 0.6) is 0 Å². The number of esters is 1. The Balaban J connectivity index is 0.00000196. The summed E-state index contributed by atoms with van der Waals surface area (Å²) in [6, 6.07) is 0. The Hall–Kier alpha value is -0.810. The van der Waals surface area contributed by atoms with Crippen LogP contribution < -0.4 is 5.32 Å². The summed E-state index contributed by atoms with van der Waals surface area (Å²) in [6.07, 6.45) is 0. The SMILES string of the molecule is CCNc1nc(C)c(C(=O)OCC)s1.Cl. The second-order valence-corrected chi connectivity index (χ2v) is 3.68. The summed E-state index contributed by atoms with van der Waals surface area (Å²) < 4.78 is 4.90. The molecule has 0 aliphatic rings. The zero-order valence-electron chi connectivity index (χ0n) is 8.99. The van der Waals surface area contributed by atoms with Crippen LogP contribution in [0.1, 0.15) is 29.2 Å². The summed E-state index contributed by atoms with van der Waals surface area (Å²) >= 11 is 1.34. The molecule has 6 heteroatoms. The minimum Gasteiger partial charge on any atom is -0.462 e. The number of ether oxygens (including phenoxy) is 1. The predicted molar refractivity (Wildman–Crippen MR) is 64.2 cm³/mol. The third-order valence-corrected chi connectivity index (χ3v) is 2.68. The fraction of sp³-hybridized carbons (Fsp3) is 0.556. The summed E-state index contributed by atoms with van der Waals surface area (Å²) in [4.78, 5) is 16.2. The minimum atomic E-state index is -0.286. The van der Waals surface area contributed by atoms with Crippen molar-refractivity contribution in [2.45, 2.75) is 20.8 Å². The van der Waals surface area contributed by atoms with Gasteiger partial charge in [0.15, 0.2) is 5.13 Å². The highest BCUT2D eigenvalue weighted by atomic mass is 35.5. The van der Waals surface area contributed by atoms with Crippen LogP contribution >= 0.6 is 23.7 Å². The molecular weight excluding hydrogens is 236 g/mol. The van der Waals surface area contributed by atoms with Gasteiger partial charge in [-0.05, 0) is 20.8 Å². The predicted octanol–water partition coefficient (Wildman–Crippen LogP) is 2.48. The zero-order valence-corrected chi connectivity index (χ0v) is 10.6. The van der Waals surface area contributed by atoms with E-state index in [1.54, 1.807) is 6.92 Å².